The number of nitrogens with zero attached hydrogens (tertiary/aromatic N) is 1. The zero-order valence-corrected chi connectivity index (χ0v) is 12.5. The van der Waals surface area contributed by atoms with E-state index in [-0.39, 0.29) is 5.91 Å². The summed E-state index contributed by atoms with van der Waals surface area (Å²) in [7, 11) is 3.94. The largest absolute Gasteiger partial charge is 0.378 e. The fourth-order valence-corrected chi connectivity index (χ4v) is 2.18. The lowest BCUT2D eigenvalue weighted by Gasteiger charge is -2.14. The first-order valence-electron chi connectivity index (χ1n) is 6.98. The quantitative estimate of drug-likeness (QED) is 0.886. The third kappa shape index (κ3) is 3.83. The van der Waals surface area contributed by atoms with Gasteiger partial charge in [0.15, 0.2) is 0 Å². The third-order valence-corrected chi connectivity index (χ3v) is 3.30. The van der Waals surface area contributed by atoms with Gasteiger partial charge >= 0.3 is 0 Å². The van der Waals surface area contributed by atoms with Crippen molar-refractivity contribution < 1.29 is 4.79 Å². The van der Waals surface area contributed by atoms with E-state index in [1.807, 2.05) is 67.5 Å². The summed E-state index contributed by atoms with van der Waals surface area (Å²) < 4.78 is 0. The van der Waals surface area contributed by atoms with Crippen LogP contribution in [0.3, 0.4) is 0 Å². The number of nitrogens with two attached hydrogens (primary N) is 1. The molecule has 3 N–H and O–H groups in total. The van der Waals surface area contributed by atoms with Crippen LogP contribution in [0.1, 0.15) is 15.9 Å². The second kappa shape index (κ2) is 6.90. The van der Waals surface area contributed by atoms with Crippen LogP contribution in [-0.4, -0.2) is 26.5 Å². The van der Waals surface area contributed by atoms with Gasteiger partial charge in [0.1, 0.15) is 0 Å². The first-order chi connectivity index (χ1) is 10.1. The summed E-state index contributed by atoms with van der Waals surface area (Å²) in [6.07, 6.45) is 0.696. The zero-order valence-electron chi connectivity index (χ0n) is 12.5. The Hall–Kier alpha value is -2.33. The maximum atomic E-state index is 12.4. The standard InChI is InChI=1S/C17H21N3O/c1-20(2)15-8-5-7-14(12-15)19-17(21)16-9-4-3-6-13(16)10-11-18/h3-9,12H,10-11,18H2,1-2H3,(H,19,21). The van der Waals surface area contributed by atoms with Crippen molar-refractivity contribution in [1.29, 1.82) is 0 Å². The molecule has 0 unspecified atom stereocenters. The van der Waals surface area contributed by atoms with Gasteiger partial charge in [0.2, 0.25) is 0 Å². The van der Waals surface area contributed by atoms with Crippen LogP contribution in [-0.2, 0) is 6.42 Å². The van der Waals surface area contributed by atoms with Crippen molar-refractivity contribution in [2.75, 3.05) is 30.9 Å². The summed E-state index contributed by atoms with van der Waals surface area (Å²) in [6.45, 7) is 0.528. The monoisotopic (exact) mass is 283 g/mol. The molecule has 0 fully saturated rings. The lowest BCUT2D eigenvalue weighted by molar-refractivity contribution is 0.102. The highest BCUT2D eigenvalue weighted by atomic mass is 16.1. The van der Waals surface area contributed by atoms with E-state index >= 15 is 0 Å². The van der Waals surface area contributed by atoms with Gasteiger partial charge in [-0.25, -0.2) is 0 Å². The predicted molar refractivity (Wildman–Crippen MR) is 87.9 cm³/mol. The molecular formula is C17H21N3O. The Kier molecular flexibility index (Phi) is 4.95. The smallest absolute Gasteiger partial charge is 0.255 e. The van der Waals surface area contributed by atoms with Gasteiger partial charge in [-0.2, -0.15) is 0 Å². The van der Waals surface area contributed by atoms with Crippen molar-refractivity contribution in [3.63, 3.8) is 0 Å². The molecule has 0 heterocycles. The van der Waals surface area contributed by atoms with Crippen molar-refractivity contribution in [2.45, 2.75) is 6.42 Å². The van der Waals surface area contributed by atoms with E-state index in [1.54, 1.807) is 0 Å². The average molecular weight is 283 g/mol. The van der Waals surface area contributed by atoms with Crippen LogP contribution in [0.4, 0.5) is 11.4 Å². The zero-order chi connectivity index (χ0) is 15.2. The topological polar surface area (TPSA) is 58.4 Å². The van der Waals surface area contributed by atoms with Gasteiger partial charge in [-0.15, -0.1) is 0 Å². The van der Waals surface area contributed by atoms with Gasteiger partial charge in [-0.1, -0.05) is 24.3 Å². The Balaban J connectivity index is 2.20. The van der Waals surface area contributed by atoms with Crippen molar-refractivity contribution >= 4 is 17.3 Å². The highest BCUT2D eigenvalue weighted by Gasteiger charge is 2.11. The number of carbonyl (C=O) groups excluding carboxylic acids is 1. The summed E-state index contributed by atoms with van der Waals surface area (Å²) in [6, 6.07) is 15.3. The molecule has 0 atom stereocenters. The highest BCUT2D eigenvalue weighted by molar-refractivity contribution is 6.05. The summed E-state index contributed by atoms with van der Waals surface area (Å²) in [4.78, 5) is 14.4. The molecule has 110 valence electrons. The van der Waals surface area contributed by atoms with Crippen molar-refractivity contribution in [1.82, 2.24) is 0 Å². The minimum atomic E-state index is -0.102. The molecule has 0 saturated heterocycles. The maximum Gasteiger partial charge on any atom is 0.255 e. The summed E-state index contributed by atoms with van der Waals surface area (Å²) in [5.74, 6) is -0.102. The molecule has 2 rings (SSSR count). The molecule has 21 heavy (non-hydrogen) atoms. The van der Waals surface area contributed by atoms with Crippen molar-refractivity contribution in [3.8, 4) is 0 Å². The van der Waals surface area contributed by atoms with Crippen molar-refractivity contribution in [3.05, 3.63) is 59.7 Å². The first kappa shape index (κ1) is 15.1. The molecule has 0 saturated carbocycles. The molecule has 0 aliphatic rings. The highest BCUT2D eigenvalue weighted by Crippen LogP contribution is 2.19. The normalized spacial score (nSPS) is 10.2. The summed E-state index contributed by atoms with van der Waals surface area (Å²) in [5, 5.41) is 2.95. The van der Waals surface area contributed by atoms with Crippen LogP contribution in [0.25, 0.3) is 0 Å². The van der Waals surface area contributed by atoms with Gasteiger partial charge in [0.25, 0.3) is 5.91 Å². The van der Waals surface area contributed by atoms with Gasteiger partial charge in [-0.05, 0) is 42.8 Å². The number of hydrogen-bond acceptors (Lipinski definition) is 3. The number of rotatable bonds is 5. The van der Waals surface area contributed by atoms with E-state index in [2.05, 4.69) is 5.32 Å². The Morgan fingerprint density at radius 1 is 1.14 bits per heavy atom. The number of hydrogen-bond donors (Lipinski definition) is 2. The molecule has 2 aromatic carbocycles. The van der Waals surface area contributed by atoms with Crippen LogP contribution in [0.15, 0.2) is 48.5 Å². The molecule has 0 spiro atoms. The second-order valence-corrected chi connectivity index (χ2v) is 5.09. The van der Waals surface area contributed by atoms with E-state index in [1.165, 1.54) is 0 Å². The third-order valence-electron chi connectivity index (χ3n) is 3.30. The van der Waals surface area contributed by atoms with E-state index in [0.717, 1.165) is 16.9 Å². The van der Waals surface area contributed by atoms with Crippen LogP contribution in [0, 0.1) is 0 Å². The van der Waals surface area contributed by atoms with Gasteiger partial charge in [0, 0.05) is 31.0 Å². The van der Waals surface area contributed by atoms with Crippen LogP contribution < -0.4 is 16.0 Å². The Labute approximate surface area is 125 Å². The summed E-state index contributed by atoms with van der Waals surface area (Å²) >= 11 is 0. The fourth-order valence-electron chi connectivity index (χ4n) is 2.18. The van der Waals surface area contributed by atoms with E-state index in [4.69, 9.17) is 5.73 Å². The number of carbonyl (C=O) groups is 1. The number of anilines is 2. The summed E-state index contributed by atoms with van der Waals surface area (Å²) in [5.41, 5.74) is 9.08. The molecule has 4 heteroatoms. The van der Waals surface area contributed by atoms with Crippen LogP contribution >= 0.6 is 0 Å². The molecule has 4 nitrogen and oxygen atoms in total. The van der Waals surface area contributed by atoms with Crippen molar-refractivity contribution in [2.24, 2.45) is 5.73 Å². The maximum absolute atomic E-state index is 12.4. The van der Waals surface area contributed by atoms with Gasteiger partial charge in [-0.3, -0.25) is 4.79 Å². The van der Waals surface area contributed by atoms with E-state index < -0.39 is 0 Å². The SMILES string of the molecule is CN(C)c1cccc(NC(=O)c2ccccc2CCN)c1. The average Bonchev–Trinajstić information content (AvgIpc) is 2.48. The van der Waals surface area contributed by atoms with Gasteiger partial charge < -0.3 is 16.0 Å². The van der Waals surface area contributed by atoms with Crippen LogP contribution in [0.5, 0.6) is 0 Å². The Morgan fingerprint density at radius 3 is 2.62 bits per heavy atom. The number of amides is 1. The fraction of sp³-hybridized carbons (Fsp3) is 0.235. The second-order valence-electron chi connectivity index (χ2n) is 5.09. The molecule has 0 aromatic heterocycles. The Morgan fingerprint density at radius 2 is 1.90 bits per heavy atom. The molecule has 1 amide bonds. The number of benzene rings is 2. The minimum Gasteiger partial charge on any atom is -0.378 e. The minimum absolute atomic E-state index is 0.102. The van der Waals surface area contributed by atoms with E-state index in [0.29, 0.717) is 18.5 Å². The Bertz CT molecular complexity index is 623. The van der Waals surface area contributed by atoms with Gasteiger partial charge in [0.05, 0.1) is 0 Å². The molecule has 0 bridgehead atoms. The lowest BCUT2D eigenvalue weighted by atomic mass is 10.0. The first-order valence-corrected chi connectivity index (χ1v) is 6.98. The predicted octanol–water partition coefficient (Wildman–Crippen LogP) is 2.51. The molecule has 0 aliphatic carbocycles. The lowest BCUT2D eigenvalue weighted by Crippen LogP contribution is -2.16. The molecule has 2 aromatic rings. The molecule has 0 aliphatic heterocycles. The van der Waals surface area contributed by atoms with Crippen LogP contribution in [0.2, 0.25) is 0 Å². The molecule has 0 radical (unpaired) electrons. The molecular weight excluding hydrogens is 262 g/mol. The van der Waals surface area contributed by atoms with E-state index in [9.17, 15) is 4.79 Å². The number of nitrogens with one attached hydrogen (secondary N) is 1.